The van der Waals surface area contributed by atoms with Gasteiger partial charge in [0.05, 0.1) is 22.2 Å². The van der Waals surface area contributed by atoms with Gasteiger partial charge in [0.1, 0.15) is 5.75 Å². The minimum absolute atomic E-state index is 0.506. The van der Waals surface area contributed by atoms with Crippen LogP contribution in [0.1, 0.15) is 12.5 Å². The summed E-state index contributed by atoms with van der Waals surface area (Å²) in [6.45, 7) is 4.99. The van der Waals surface area contributed by atoms with Gasteiger partial charge < -0.3 is 9.64 Å². The fourth-order valence-electron chi connectivity index (χ4n) is 2.32. The minimum atomic E-state index is 0.506. The van der Waals surface area contributed by atoms with Gasteiger partial charge in [-0.2, -0.15) is 0 Å². The summed E-state index contributed by atoms with van der Waals surface area (Å²) in [5, 5.41) is 5.15. The van der Waals surface area contributed by atoms with Crippen LogP contribution in [0.5, 0.6) is 11.6 Å². The maximum atomic E-state index is 5.95. The third kappa shape index (κ3) is 4.90. The molecule has 0 atom stereocenters. The minimum Gasteiger partial charge on any atom is -0.436 e. The average molecular weight is 448 g/mol. The van der Waals surface area contributed by atoms with Crippen LogP contribution in [0.2, 0.25) is 5.02 Å². The molecule has 0 radical (unpaired) electrons. The van der Waals surface area contributed by atoms with Crippen molar-refractivity contribution in [2.75, 3.05) is 13.6 Å². The number of aromatic nitrogens is 2. The van der Waals surface area contributed by atoms with E-state index in [1.807, 2.05) is 73.9 Å². The summed E-state index contributed by atoms with van der Waals surface area (Å²) in [5.41, 5.74) is 2.82. The van der Waals surface area contributed by atoms with Crippen LogP contribution in [0.3, 0.4) is 0 Å². The molecule has 0 saturated heterocycles. The second-order valence-corrected chi connectivity index (χ2v) is 7.35. The van der Waals surface area contributed by atoms with E-state index in [1.165, 1.54) is 0 Å². The van der Waals surface area contributed by atoms with Crippen molar-refractivity contribution in [2.45, 2.75) is 13.8 Å². The van der Waals surface area contributed by atoms with Crippen molar-refractivity contribution in [1.82, 2.24) is 14.7 Å². The van der Waals surface area contributed by atoms with E-state index in [9.17, 15) is 0 Å². The summed E-state index contributed by atoms with van der Waals surface area (Å²) in [6, 6.07) is 13.2. The van der Waals surface area contributed by atoms with E-state index in [1.54, 1.807) is 4.68 Å². The summed E-state index contributed by atoms with van der Waals surface area (Å²) >= 11 is 9.49. The quantitative estimate of drug-likeness (QED) is 0.344. The first-order valence-corrected chi connectivity index (χ1v) is 9.67. The summed E-state index contributed by atoms with van der Waals surface area (Å²) < 4.78 is 8.51. The predicted octanol–water partition coefficient (Wildman–Crippen LogP) is 6.00. The first-order valence-electron chi connectivity index (χ1n) is 8.50. The van der Waals surface area contributed by atoms with E-state index in [2.05, 4.69) is 32.9 Å². The molecular formula is C20H20BrClN4O. The average Bonchev–Trinajstić information content (AvgIpc) is 3.12. The number of aliphatic imine (C=N–C) groups is 1. The van der Waals surface area contributed by atoms with Gasteiger partial charge in [-0.25, -0.2) is 9.67 Å². The van der Waals surface area contributed by atoms with Crippen molar-refractivity contribution in [2.24, 2.45) is 4.99 Å². The van der Waals surface area contributed by atoms with E-state index < -0.39 is 0 Å². The molecule has 0 amide bonds. The van der Waals surface area contributed by atoms with Crippen molar-refractivity contribution in [3.05, 3.63) is 63.7 Å². The number of hydrogen-bond donors (Lipinski definition) is 0. The van der Waals surface area contributed by atoms with Crippen LogP contribution in [0.4, 0.5) is 5.69 Å². The van der Waals surface area contributed by atoms with Crippen LogP contribution in [-0.4, -0.2) is 34.6 Å². The van der Waals surface area contributed by atoms with Gasteiger partial charge in [-0.1, -0.05) is 11.6 Å². The Bertz CT molecular complexity index is 953. The largest absolute Gasteiger partial charge is 0.436 e. The fourth-order valence-corrected chi connectivity index (χ4v) is 2.85. The maximum absolute atomic E-state index is 5.95. The topological polar surface area (TPSA) is 42.6 Å². The highest BCUT2D eigenvalue weighted by molar-refractivity contribution is 9.10. The van der Waals surface area contributed by atoms with Crippen LogP contribution < -0.4 is 4.74 Å². The molecule has 3 rings (SSSR count). The van der Waals surface area contributed by atoms with E-state index in [0.29, 0.717) is 16.7 Å². The Labute approximate surface area is 172 Å². The second-order valence-electron chi connectivity index (χ2n) is 6.06. The van der Waals surface area contributed by atoms with Crippen molar-refractivity contribution in [1.29, 1.82) is 0 Å². The molecule has 7 heteroatoms. The number of benzene rings is 2. The molecule has 1 heterocycles. The lowest BCUT2D eigenvalue weighted by atomic mass is 10.2. The summed E-state index contributed by atoms with van der Waals surface area (Å²) in [7, 11) is 1.99. The Morgan fingerprint density at radius 1 is 1.26 bits per heavy atom. The zero-order valence-electron chi connectivity index (χ0n) is 15.4. The lowest BCUT2D eigenvalue weighted by Gasteiger charge is -2.11. The normalized spacial score (nSPS) is 11.1. The smallest absolute Gasteiger partial charge is 0.238 e. The molecule has 1 aromatic heterocycles. The zero-order valence-corrected chi connectivity index (χ0v) is 17.7. The van der Waals surface area contributed by atoms with Gasteiger partial charge in [-0.3, -0.25) is 0 Å². The number of hydrogen-bond acceptors (Lipinski definition) is 3. The van der Waals surface area contributed by atoms with Crippen LogP contribution in [0, 0.1) is 6.92 Å². The highest BCUT2D eigenvalue weighted by Gasteiger charge is 2.10. The predicted molar refractivity (Wildman–Crippen MR) is 114 cm³/mol. The van der Waals surface area contributed by atoms with E-state index >= 15 is 0 Å². The third-order valence-corrected chi connectivity index (χ3v) is 4.89. The fraction of sp³-hybridized carbons (Fsp3) is 0.200. The van der Waals surface area contributed by atoms with E-state index in [-0.39, 0.29) is 0 Å². The van der Waals surface area contributed by atoms with Gasteiger partial charge in [-0.15, -0.1) is 5.10 Å². The Morgan fingerprint density at radius 2 is 2.00 bits per heavy atom. The van der Waals surface area contributed by atoms with Crippen molar-refractivity contribution in [3.63, 3.8) is 0 Å². The molecule has 0 fully saturated rings. The first-order chi connectivity index (χ1) is 13.0. The van der Waals surface area contributed by atoms with Gasteiger partial charge in [0.25, 0.3) is 0 Å². The SMILES string of the molecule is CCN(C)C=Nc1cc(Br)c(Oc2ccn(-c3ccc(Cl)cc3)n2)cc1C. The molecule has 0 N–H and O–H groups in total. The summed E-state index contributed by atoms with van der Waals surface area (Å²) in [4.78, 5) is 6.54. The number of halogens is 2. The molecule has 5 nitrogen and oxygen atoms in total. The Hall–Kier alpha value is -2.31. The van der Waals surface area contributed by atoms with Crippen molar-refractivity contribution in [3.8, 4) is 17.3 Å². The number of nitrogens with zero attached hydrogens (tertiary/aromatic N) is 4. The van der Waals surface area contributed by atoms with E-state index in [4.69, 9.17) is 16.3 Å². The van der Waals surface area contributed by atoms with E-state index in [0.717, 1.165) is 28.0 Å². The lowest BCUT2D eigenvalue weighted by molar-refractivity contribution is 0.454. The Morgan fingerprint density at radius 3 is 2.70 bits per heavy atom. The number of rotatable bonds is 6. The molecule has 0 bridgehead atoms. The van der Waals surface area contributed by atoms with Crippen LogP contribution in [0.25, 0.3) is 5.69 Å². The molecule has 2 aromatic carbocycles. The second kappa shape index (κ2) is 8.59. The molecule has 140 valence electrons. The Balaban J connectivity index is 1.79. The van der Waals surface area contributed by atoms with Crippen LogP contribution >= 0.6 is 27.5 Å². The summed E-state index contributed by atoms with van der Waals surface area (Å²) in [5.74, 6) is 1.20. The van der Waals surface area contributed by atoms with Gasteiger partial charge in [0.15, 0.2) is 0 Å². The molecule has 0 aliphatic carbocycles. The van der Waals surface area contributed by atoms with Crippen LogP contribution in [0.15, 0.2) is 58.1 Å². The van der Waals surface area contributed by atoms with Crippen molar-refractivity contribution < 1.29 is 4.74 Å². The maximum Gasteiger partial charge on any atom is 0.238 e. The highest BCUT2D eigenvalue weighted by Crippen LogP contribution is 2.35. The molecule has 27 heavy (non-hydrogen) atoms. The standard InChI is InChI=1S/C20H20BrClN4O/c1-4-25(3)13-23-18-12-17(21)19(11-14(18)2)27-20-9-10-26(24-20)16-7-5-15(22)6-8-16/h5-13H,4H2,1-3H3. The van der Waals surface area contributed by atoms with Gasteiger partial charge in [0, 0.05) is 30.9 Å². The van der Waals surface area contributed by atoms with Gasteiger partial charge >= 0.3 is 0 Å². The van der Waals surface area contributed by atoms with Gasteiger partial charge in [-0.05, 0) is 71.7 Å². The molecular weight excluding hydrogens is 428 g/mol. The molecule has 0 aliphatic heterocycles. The number of aryl methyl sites for hydroxylation is 1. The lowest BCUT2D eigenvalue weighted by Crippen LogP contribution is -2.14. The zero-order chi connectivity index (χ0) is 19.4. The Kier molecular flexibility index (Phi) is 6.19. The number of ether oxygens (including phenoxy) is 1. The molecule has 0 spiro atoms. The molecule has 3 aromatic rings. The van der Waals surface area contributed by atoms with Gasteiger partial charge in [0.2, 0.25) is 5.88 Å². The third-order valence-electron chi connectivity index (χ3n) is 4.01. The molecule has 0 aliphatic rings. The monoisotopic (exact) mass is 446 g/mol. The molecule has 0 unspecified atom stereocenters. The molecule has 0 saturated carbocycles. The van der Waals surface area contributed by atoms with Crippen LogP contribution in [-0.2, 0) is 0 Å². The first kappa shape index (κ1) is 19.5. The summed E-state index contributed by atoms with van der Waals surface area (Å²) in [6.07, 6.45) is 3.67. The highest BCUT2D eigenvalue weighted by atomic mass is 79.9. The van der Waals surface area contributed by atoms with Crippen molar-refractivity contribution >= 4 is 39.6 Å².